The van der Waals surface area contributed by atoms with Crippen LogP contribution in [-0.4, -0.2) is 49.3 Å². The van der Waals surface area contributed by atoms with Crippen LogP contribution < -0.4 is 10.6 Å². The van der Waals surface area contributed by atoms with Crippen molar-refractivity contribution in [3.63, 3.8) is 0 Å². The number of ether oxygens (including phenoxy) is 1. The maximum atomic E-state index is 11.5. The minimum atomic E-state index is -0.834. The Bertz CT molecular complexity index is 264. The molecule has 0 bridgehead atoms. The molecule has 0 saturated carbocycles. The zero-order valence-corrected chi connectivity index (χ0v) is 10.1. The van der Waals surface area contributed by atoms with Crippen LogP contribution in [0.25, 0.3) is 0 Å². The quantitative estimate of drug-likeness (QED) is 0.591. The van der Waals surface area contributed by atoms with Crippen molar-refractivity contribution in [3.8, 4) is 0 Å². The van der Waals surface area contributed by atoms with Gasteiger partial charge < -0.3 is 20.5 Å². The first-order chi connectivity index (χ1) is 8.09. The minimum Gasteiger partial charge on any atom is -0.481 e. The molecule has 6 nitrogen and oxygen atoms in total. The number of morpholine rings is 1. The third kappa shape index (κ3) is 5.65. The normalized spacial score (nSPS) is 21.8. The van der Waals surface area contributed by atoms with Crippen LogP contribution in [0.1, 0.15) is 19.8 Å². The van der Waals surface area contributed by atoms with Crippen molar-refractivity contribution in [2.75, 3.05) is 26.2 Å². The van der Waals surface area contributed by atoms with E-state index in [1.54, 1.807) is 6.92 Å². The molecule has 17 heavy (non-hydrogen) atoms. The second-order valence-electron chi connectivity index (χ2n) is 4.28. The van der Waals surface area contributed by atoms with Gasteiger partial charge in [0.1, 0.15) is 0 Å². The first-order valence-electron chi connectivity index (χ1n) is 5.91. The predicted molar refractivity (Wildman–Crippen MR) is 61.7 cm³/mol. The van der Waals surface area contributed by atoms with Crippen molar-refractivity contribution in [1.29, 1.82) is 0 Å². The van der Waals surface area contributed by atoms with Crippen LogP contribution in [0.5, 0.6) is 0 Å². The Morgan fingerprint density at radius 1 is 1.59 bits per heavy atom. The van der Waals surface area contributed by atoms with Crippen LogP contribution in [-0.2, 0) is 14.3 Å². The standard InChI is InChI=1S/C11H20N2O4/c1-8(11(15)16)2-3-13-10(14)6-9-7-12-4-5-17-9/h8-9,12H,2-7H2,1H3,(H,13,14)(H,15,16). The molecule has 1 aliphatic heterocycles. The third-order valence-electron chi connectivity index (χ3n) is 2.74. The highest BCUT2D eigenvalue weighted by Gasteiger charge is 2.17. The lowest BCUT2D eigenvalue weighted by molar-refractivity contribution is -0.141. The average molecular weight is 244 g/mol. The van der Waals surface area contributed by atoms with Crippen LogP contribution in [0.15, 0.2) is 0 Å². The van der Waals surface area contributed by atoms with Crippen molar-refractivity contribution < 1.29 is 19.4 Å². The highest BCUT2D eigenvalue weighted by atomic mass is 16.5. The molecule has 98 valence electrons. The zero-order valence-electron chi connectivity index (χ0n) is 10.1. The van der Waals surface area contributed by atoms with Gasteiger partial charge in [-0.15, -0.1) is 0 Å². The molecule has 1 saturated heterocycles. The predicted octanol–water partition coefficient (Wildman–Crippen LogP) is -0.408. The van der Waals surface area contributed by atoms with Crippen LogP contribution in [0.4, 0.5) is 0 Å². The summed E-state index contributed by atoms with van der Waals surface area (Å²) >= 11 is 0. The summed E-state index contributed by atoms with van der Waals surface area (Å²) in [6.07, 6.45) is 0.708. The van der Waals surface area contributed by atoms with Gasteiger partial charge in [0.15, 0.2) is 0 Å². The fourth-order valence-electron chi connectivity index (χ4n) is 1.58. The molecule has 0 aromatic rings. The molecule has 0 aromatic heterocycles. The summed E-state index contributed by atoms with van der Waals surface area (Å²) in [6, 6.07) is 0. The van der Waals surface area contributed by atoms with E-state index in [-0.39, 0.29) is 12.0 Å². The number of hydrogen-bond donors (Lipinski definition) is 3. The number of rotatable bonds is 6. The van der Waals surface area contributed by atoms with Gasteiger partial charge in [0, 0.05) is 19.6 Å². The number of carbonyl (C=O) groups is 2. The molecule has 0 aromatic carbocycles. The Kier molecular flexibility index (Phi) is 5.93. The van der Waals surface area contributed by atoms with Crippen molar-refractivity contribution in [3.05, 3.63) is 0 Å². The minimum absolute atomic E-state index is 0.0688. The van der Waals surface area contributed by atoms with E-state index in [1.807, 2.05) is 0 Å². The maximum Gasteiger partial charge on any atom is 0.306 e. The Balaban J connectivity index is 2.10. The molecular formula is C11H20N2O4. The van der Waals surface area contributed by atoms with E-state index < -0.39 is 11.9 Å². The smallest absolute Gasteiger partial charge is 0.306 e. The fourth-order valence-corrected chi connectivity index (χ4v) is 1.58. The van der Waals surface area contributed by atoms with Crippen molar-refractivity contribution in [2.45, 2.75) is 25.9 Å². The van der Waals surface area contributed by atoms with Crippen molar-refractivity contribution in [1.82, 2.24) is 10.6 Å². The zero-order chi connectivity index (χ0) is 12.7. The number of amides is 1. The van der Waals surface area contributed by atoms with Gasteiger partial charge in [-0.25, -0.2) is 0 Å². The lowest BCUT2D eigenvalue weighted by Gasteiger charge is -2.23. The lowest BCUT2D eigenvalue weighted by Crippen LogP contribution is -2.41. The fraction of sp³-hybridized carbons (Fsp3) is 0.818. The summed E-state index contributed by atoms with van der Waals surface area (Å²) in [5, 5.41) is 14.5. The second-order valence-corrected chi connectivity index (χ2v) is 4.28. The van der Waals surface area contributed by atoms with Crippen molar-refractivity contribution >= 4 is 11.9 Å². The van der Waals surface area contributed by atoms with Gasteiger partial charge in [-0.05, 0) is 6.42 Å². The summed E-state index contributed by atoms with van der Waals surface area (Å²) in [5.74, 6) is -1.35. The Hall–Kier alpha value is -1.14. The maximum absolute atomic E-state index is 11.5. The van der Waals surface area contributed by atoms with Crippen LogP contribution in [0.3, 0.4) is 0 Å². The average Bonchev–Trinajstić information content (AvgIpc) is 2.30. The number of carboxylic acids is 1. The molecule has 1 aliphatic rings. The molecule has 1 rings (SSSR count). The summed E-state index contributed by atoms with van der Waals surface area (Å²) < 4.78 is 5.40. The Morgan fingerprint density at radius 3 is 2.94 bits per heavy atom. The van der Waals surface area contributed by atoms with Gasteiger partial charge in [-0.1, -0.05) is 6.92 Å². The van der Waals surface area contributed by atoms with Gasteiger partial charge in [0.25, 0.3) is 0 Å². The summed E-state index contributed by atoms with van der Waals surface area (Å²) in [6.45, 7) is 4.18. The molecule has 3 N–H and O–H groups in total. The van der Waals surface area contributed by atoms with Gasteiger partial charge in [-0.3, -0.25) is 9.59 Å². The van der Waals surface area contributed by atoms with E-state index in [9.17, 15) is 9.59 Å². The van der Waals surface area contributed by atoms with Crippen molar-refractivity contribution in [2.24, 2.45) is 5.92 Å². The number of carbonyl (C=O) groups excluding carboxylic acids is 1. The van der Waals surface area contributed by atoms with E-state index in [0.29, 0.717) is 32.5 Å². The highest BCUT2D eigenvalue weighted by Crippen LogP contribution is 2.02. The summed E-state index contributed by atoms with van der Waals surface area (Å²) in [4.78, 5) is 22.0. The van der Waals surface area contributed by atoms with Gasteiger partial charge >= 0.3 is 5.97 Å². The van der Waals surface area contributed by atoms with Crippen LogP contribution in [0.2, 0.25) is 0 Å². The second kappa shape index (κ2) is 7.24. The Morgan fingerprint density at radius 2 is 2.35 bits per heavy atom. The molecular weight excluding hydrogens is 224 g/mol. The van der Waals surface area contributed by atoms with E-state index in [2.05, 4.69) is 10.6 Å². The molecule has 2 unspecified atom stereocenters. The summed E-state index contributed by atoms with van der Waals surface area (Å²) in [7, 11) is 0. The number of nitrogens with one attached hydrogen (secondary N) is 2. The van der Waals surface area contributed by atoms with E-state index >= 15 is 0 Å². The van der Waals surface area contributed by atoms with E-state index in [1.165, 1.54) is 0 Å². The number of hydrogen-bond acceptors (Lipinski definition) is 4. The molecule has 0 radical (unpaired) electrons. The van der Waals surface area contributed by atoms with Gasteiger partial charge in [0.05, 0.1) is 25.0 Å². The lowest BCUT2D eigenvalue weighted by atomic mass is 10.1. The topological polar surface area (TPSA) is 87.7 Å². The molecule has 6 heteroatoms. The molecule has 1 fully saturated rings. The van der Waals surface area contributed by atoms with Crippen LogP contribution >= 0.6 is 0 Å². The van der Waals surface area contributed by atoms with Crippen LogP contribution in [0, 0.1) is 5.92 Å². The van der Waals surface area contributed by atoms with E-state index in [4.69, 9.17) is 9.84 Å². The highest BCUT2D eigenvalue weighted by molar-refractivity contribution is 5.76. The van der Waals surface area contributed by atoms with E-state index in [0.717, 1.165) is 6.54 Å². The molecule has 1 heterocycles. The van der Waals surface area contributed by atoms with Gasteiger partial charge in [-0.2, -0.15) is 0 Å². The monoisotopic (exact) mass is 244 g/mol. The number of aliphatic carboxylic acids is 1. The summed E-state index contributed by atoms with van der Waals surface area (Å²) in [5.41, 5.74) is 0. The van der Waals surface area contributed by atoms with Gasteiger partial charge in [0.2, 0.25) is 5.91 Å². The molecule has 2 atom stereocenters. The first-order valence-corrected chi connectivity index (χ1v) is 5.91. The molecule has 0 aliphatic carbocycles. The number of carboxylic acid groups (broad SMARTS) is 1. The molecule has 0 spiro atoms. The largest absolute Gasteiger partial charge is 0.481 e. The SMILES string of the molecule is CC(CCNC(=O)CC1CNCCO1)C(=O)O. The Labute approximate surface area is 101 Å². The molecule has 1 amide bonds. The first kappa shape index (κ1) is 13.9. The third-order valence-corrected chi connectivity index (χ3v) is 2.74.